The summed E-state index contributed by atoms with van der Waals surface area (Å²) in [5.41, 5.74) is -1.27. The van der Waals surface area contributed by atoms with Crippen molar-refractivity contribution in [2.24, 2.45) is 0 Å². The first-order valence-corrected chi connectivity index (χ1v) is 5.38. The van der Waals surface area contributed by atoms with E-state index in [1.807, 2.05) is 0 Å². The summed E-state index contributed by atoms with van der Waals surface area (Å²) in [4.78, 5) is 0. The van der Waals surface area contributed by atoms with Crippen LogP contribution in [-0.2, 0) is 14.2 Å². The second-order valence-electron chi connectivity index (χ2n) is 4.72. The number of fused-ring (bicyclic) bond motifs is 1. The van der Waals surface area contributed by atoms with Crippen LogP contribution in [0.3, 0.4) is 0 Å². The molecule has 5 nitrogen and oxygen atoms in total. The van der Waals surface area contributed by atoms with Crippen LogP contribution in [0.15, 0.2) is 12.7 Å². The number of aliphatic hydroxyl groups excluding tert-OH is 1. The van der Waals surface area contributed by atoms with E-state index in [1.165, 1.54) is 0 Å². The zero-order chi connectivity index (χ0) is 12.0. The zero-order valence-electron chi connectivity index (χ0n) is 9.55. The summed E-state index contributed by atoms with van der Waals surface area (Å²) in [7, 11) is 0. The smallest absolute Gasteiger partial charge is 0.190 e. The average Bonchev–Trinajstić information content (AvgIpc) is 2.61. The first-order chi connectivity index (χ1) is 7.43. The maximum absolute atomic E-state index is 10.5. The molecular formula is C11H18O5. The predicted molar refractivity (Wildman–Crippen MR) is 55.5 cm³/mol. The fraction of sp³-hybridized carbons (Fsp3) is 0.818. The van der Waals surface area contributed by atoms with Gasteiger partial charge >= 0.3 is 0 Å². The Morgan fingerprint density at radius 3 is 2.62 bits per heavy atom. The van der Waals surface area contributed by atoms with Gasteiger partial charge in [-0.3, -0.25) is 0 Å². The summed E-state index contributed by atoms with van der Waals surface area (Å²) in [5, 5.41) is 19.7. The number of aliphatic hydroxyl groups is 2. The van der Waals surface area contributed by atoms with E-state index >= 15 is 0 Å². The molecule has 4 atom stereocenters. The van der Waals surface area contributed by atoms with Gasteiger partial charge in [0.2, 0.25) is 0 Å². The Morgan fingerprint density at radius 2 is 2.06 bits per heavy atom. The molecule has 2 heterocycles. The van der Waals surface area contributed by atoms with E-state index < -0.39 is 29.9 Å². The highest BCUT2D eigenvalue weighted by Gasteiger charge is 2.62. The van der Waals surface area contributed by atoms with Gasteiger partial charge in [0, 0.05) is 0 Å². The second kappa shape index (κ2) is 3.78. The van der Waals surface area contributed by atoms with E-state index in [-0.39, 0.29) is 6.61 Å². The molecule has 2 fully saturated rings. The standard InChI is InChI=1S/C11H18O5/c1-4-5-11(13)7(6-12)14-9-8(11)15-10(2,3)16-9/h4,7-9,12-13H,1,5-6H2,2-3H3/t7-,8+,9-,11-/m1/s1. The summed E-state index contributed by atoms with van der Waals surface area (Å²) >= 11 is 0. The lowest BCUT2D eigenvalue weighted by molar-refractivity contribution is -0.233. The third kappa shape index (κ3) is 1.69. The lowest BCUT2D eigenvalue weighted by atomic mass is 9.89. The van der Waals surface area contributed by atoms with Crippen LogP contribution in [0.4, 0.5) is 0 Å². The van der Waals surface area contributed by atoms with Crippen molar-refractivity contribution in [1.82, 2.24) is 0 Å². The van der Waals surface area contributed by atoms with Crippen molar-refractivity contribution < 1.29 is 24.4 Å². The molecule has 2 N–H and O–H groups in total. The Labute approximate surface area is 94.6 Å². The van der Waals surface area contributed by atoms with Gasteiger partial charge in [0.1, 0.15) is 17.8 Å². The van der Waals surface area contributed by atoms with E-state index in [4.69, 9.17) is 14.2 Å². The van der Waals surface area contributed by atoms with E-state index in [1.54, 1.807) is 19.9 Å². The van der Waals surface area contributed by atoms with Gasteiger partial charge in [-0.05, 0) is 20.3 Å². The lowest BCUT2D eigenvalue weighted by Crippen LogP contribution is -2.49. The minimum absolute atomic E-state index is 0.273. The normalized spacial score (nSPS) is 45.6. The Balaban J connectivity index is 2.23. The number of hydrogen-bond acceptors (Lipinski definition) is 5. The van der Waals surface area contributed by atoms with Crippen LogP contribution < -0.4 is 0 Å². The van der Waals surface area contributed by atoms with Gasteiger partial charge in [0.15, 0.2) is 12.1 Å². The molecule has 0 aromatic rings. The molecule has 0 aliphatic carbocycles. The van der Waals surface area contributed by atoms with E-state index in [0.29, 0.717) is 6.42 Å². The van der Waals surface area contributed by atoms with E-state index in [2.05, 4.69) is 6.58 Å². The number of hydrogen-bond donors (Lipinski definition) is 2. The molecule has 16 heavy (non-hydrogen) atoms. The molecule has 0 amide bonds. The Kier molecular flexibility index (Phi) is 2.84. The van der Waals surface area contributed by atoms with Crippen LogP contribution in [0.1, 0.15) is 20.3 Å². The molecule has 92 valence electrons. The summed E-state index contributed by atoms with van der Waals surface area (Å²) in [6, 6.07) is 0. The summed E-state index contributed by atoms with van der Waals surface area (Å²) in [6.45, 7) is 6.84. The van der Waals surface area contributed by atoms with Crippen molar-refractivity contribution in [2.45, 2.75) is 50.2 Å². The average molecular weight is 230 g/mol. The van der Waals surface area contributed by atoms with Gasteiger partial charge in [-0.1, -0.05) is 6.08 Å². The van der Waals surface area contributed by atoms with Crippen LogP contribution in [0.5, 0.6) is 0 Å². The SMILES string of the molecule is C=CC[C@@]1(O)[C@@H](CO)O[C@@H]2OC(C)(C)O[C@@H]21. The maximum Gasteiger partial charge on any atom is 0.190 e. The lowest BCUT2D eigenvalue weighted by Gasteiger charge is -2.31. The van der Waals surface area contributed by atoms with Gasteiger partial charge in [0.25, 0.3) is 0 Å². The maximum atomic E-state index is 10.5. The predicted octanol–water partition coefficient (Wildman–Crippen LogP) is 0.162. The van der Waals surface area contributed by atoms with Crippen LogP contribution in [-0.4, -0.2) is 46.7 Å². The molecule has 2 rings (SSSR count). The summed E-state index contributed by atoms with van der Waals surface area (Å²) in [5.74, 6) is -0.773. The van der Waals surface area contributed by atoms with Gasteiger partial charge < -0.3 is 24.4 Å². The molecule has 5 heteroatoms. The van der Waals surface area contributed by atoms with E-state index in [9.17, 15) is 10.2 Å². The van der Waals surface area contributed by atoms with Crippen molar-refractivity contribution in [3.05, 3.63) is 12.7 Å². The molecule has 2 aliphatic heterocycles. The Hall–Kier alpha value is -0.460. The topological polar surface area (TPSA) is 68.2 Å². The molecule has 0 spiro atoms. The summed E-state index contributed by atoms with van der Waals surface area (Å²) in [6.07, 6.45) is -0.0339. The van der Waals surface area contributed by atoms with Gasteiger partial charge in [-0.15, -0.1) is 6.58 Å². The molecule has 2 saturated heterocycles. The number of ether oxygens (including phenoxy) is 3. The van der Waals surface area contributed by atoms with Crippen molar-refractivity contribution in [3.8, 4) is 0 Å². The Bertz CT molecular complexity index is 290. The largest absolute Gasteiger partial charge is 0.394 e. The molecule has 0 aromatic carbocycles. The van der Waals surface area contributed by atoms with Crippen LogP contribution in [0.25, 0.3) is 0 Å². The van der Waals surface area contributed by atoms with Crippen LogP contribution >= 0.6 is 0 Å². The zero-order valence-corrected chi connectivity index (χ0v) is 9.55. The monoisotopic (exact) mass is 230 g/mol. The highest BCUT2D eigenvalue weighted by Crippen LogP contribution is 2.44. The number of rotatable bonds is 3. The highest BCUT2D eigenvalue weighted by molar-refractivity contribution is 5.07. The van der Waals surface area contributed by atoms with Crippen molar-refractivity contribution in [3.63, 3.8) is 0 Å². The molecule has 0 aromatic heterocycles. The van der Waals surface area contributed by atoms with Gasteiger partial charge in [0.05, 0.1) is 6.61 Å². The second-order valence-corrected chi connectivity index (χ2v) is 4.72. The fourth-order valence-electron chi connectivity index (χ4n) is 2.31. The minimum Gasteiger partial charge on any atom is -0.394 e. The quantitative estimate of drug-likeness (QED) is 0.676. The molecular weight excluding hydrogens is 212 g/mol. The van der Waals surface area contributed by atoms with Gasteiger partial charge in [-0.2, -0.15) is 0 Å². The third-order valence-electron chi connectivity index (χ3n) is 3.04. The summed E-state index contributed by atoms with van der Waals surface area (Å²) < 4.78 is 16.6. The molecule has 0 radical (unpaired) electrons. The minimum atomic E-state index is -1.27. The third-order valence-corrected chi connectivity index (χ3v) is 3.04. The van der Waals surface area contributed by atoms with Crippen molar-refractivity contribution >= 4 is 0 Å². The van der Waals surface area contributed by atoms with Crippen LogP contribution in [0, 0.1) is 0 Å². The molecule has 0 unspecified atom stereocenters. The fourth-order valence-corrected chi connectivity index (χ4v) is 2.31. The highest BCUT2D eigenvalue weighted by atomic mass is 16.8. The van der Waals surface area contributed by atoms with Gasteiger partial charge in [-0.25, -0.2) is 0 Å². The van der Waals surface area contributed by atoms with Crippen molar-refractivity contribution in [1.29, 1.82) is 0 Å². The molecule has 2 aliphatic rings. The first kappa shape index (κ1) is 12.0. The molecule has 0 saturated carbocycles. The first-order valence-electron chi connectivity index (χ1n) is 5.38. The van der Waals surface area contributed by atoms with Crippen LogP contribution in [0.2, 0.25) is 0 Å². The van der Waals surface area contributed by atoms with E-state index in [0.717, 1.165) is 0 Å². The Morgan fingerprint density at radius 1 is 1.38 bits per heavy atom. The van der Waals surface area contributed by atoms with Crippen molar-refractivity contribution in [2.75, 3.05) is 6.61 Å². The molecule has 0 bridgehead atoms.